The maximum Gasteiger partial charge on any atom is 0.328 e. The van der Waals surface area contributed by atoms with Crippen LogP contribution in [0.15, 0.2) is 0 Å². The Kier molecular flexibility index (Phi) is 9.91. The van der Waals surface area contributed by atoms with Crippen molar-refractivity contribution in [1.82, 2.24) is 0 Å². The predicted molar refractivity (Wildman–Crippen MR) is 68.7 cm³/mol. The van der Waals surface area contributed by atoms with Crippen LogP contribution in [0.4, 0.5) is 0 Å². The zero-order valence-electron chi connectivity index (χ0n) is 11.1. The first-order valence-electron chi connectivity index (χ1n) is 6.33. The Morgan fingerprint density at radius 2 is 2.00 bits per heavy atom. The number of unbranched alkanes of at least 4 members (excludes halogenated alkanes) is 1. The van der Waals surface area contributed by atoms with E-state index in [-0.39, 0.29) is 12.6 Å². The van der Waals surface area contributed by atoms with Crippen molar-refractivity contribution in [1.29, 1.82) is 0 Å². The number of hydrogen-bond acceptors (Lipinski definition) is 5. The van der Waals surface area contributed by atoms with Gasteiger partial charge in [-0.3, -0.25) is 4.57 Å². The van der Waals surface area contributed by atoms with Crippen LogP contribution in [0, 0.1) is 0 Å². The molecule has 0 rings (SSSR count). The van der Waals surface area contributed by atoms with E-state index in [0.29, 0.717) is 19.6 Å². The van der Waals surface area contributed by atoms with Crippen LogP contribution in [-0.4, -0.2) is 53.3 Å². The van der Waals surface area contributed by atoms with Crippen molar-refractivity contribution in [2.24, 2.45) is 0 Å². The molecule has 0 aromatic heterocycles. The molecule has 0 aliphatic rings. The van der Waals surface area contributed by atoms with Gasteiger partial charge in [-0.25, -0.2) is 0 Å². The lowest BCUT2D eigenvalue weighted by atomic mass is 10.1. The van der Waals surface area contributed by atoms with Crippen LogP contribution in [0.2, 0.25) is 0 Å². The topological polar surface area (TPSA) is 96.2 Å². The quantitative estimate of drug-likeness (QED) is 0.389. The van der Waals surface area contributed by atoms with E-state index in [0.717, 1.165) is 6.42 Å². The van der Waals surface area contributed by atoms with Crippen molar-refractivity contribution in [3.63, 3.8) is 0 Å². The van der Waals surface area contributed by atoms with Gasteiger partial charge in [0.15, 0.2) is 0 Å². The van der Waals surface area contributed by atoms with E-state index in [2.05, 4.69) is 0 Å². The van der Waals surface area contributed by atoms with Crippen molar-refractivity contribution < 1.29 is 28.9 Å². The Hall–Kier alpha value is 0.0300. The highest BCUT2D eigenvalue weighted by atomic mass is 31.2. The summed E-state index contributed by atoms with van der Waals surface area (Å²) in [5.41, 5.74) is 0. The highest BCUT2D eigenvalue weighted by Crippen LogP contribution is 2.45. The molecular weight excluding hydrogens is 259 g/mol. The predicted octanol–water partition coefficient (Wildman–Crippen LogP) is 1.14. The molecule has 3 unspecified atom stereocenters. The third-order valence-electron chi connectivity index (χ3n) is 2.46. The highest BCUT2D eigenvalue weighted by molar-refractivity contribution is 7.52. The minimum Gasteiger partial charge on any atom is -0.394 e. The summed E-state index contributed by atoms with van der Waals surface area (Å²) in [6, 6.07) is 0. The fourth-order valence-electron chi connectivity index (χ4n) is 1.40. The van der Waals surface area contributed by atoms with Crippen LogP contribution in [0.25, 0.3) is 0 Å². The first kappa shape index (κ1) is 18.0. The van der Waals surface area contributed by atoms with Gasteiger partial charge in [-0.1, -0.05) is 13.3 Å². The average molecular weight is 284 g/mol. The third kappa shape index (κ3) is 8.19. The van der Waals surface area contributed by atoms with E-state index in [4.69, 9.17) is 14.4 Å². The molecule has 0 saturated heterocycles. The lowest BCUT2D eigenvalue weighted by Gasteiger charge is -2.24. The van der Waals surface area contributed by atoms with Gasteiger partial charge >= 0.3 is 7.60 Å². The van der Waals surface area contributed by atoms with Crippen molar-refractivity contribution in [3.8, 4) is 0 Å². The second kappa shape index (κ2) is 9.89. The fourth-order valence-corrected chi connectivity index (χ4v) is 2.89. The molecule has 0 spiro atoms. The van der Waals surface area contributed by atoms with Gasteiger partial charge < -0.3 is 24.4 Å². The van der Waals surface area contributed by atoms with Gasteiger partial charge in [0.25, 0.3) is 0 Å². The van der Waals surface area contributed by atoms with Crippen LogP contribution in [0.3, 0.4) is 0 Å². The molecule has 3 N–H and O–H groups in total. The Bertz CT molecular complexity index is 248. The first-order valence-corrected chi connectivity index (χ1v) is 8.10. The lowest BCUT2D eigenvalue weighted by Crippen LogP contribution is -2.32. The number of ether oxygens (including phenoxy) is 1. The molecule has 0 amide bonds. The molecule has 0 aromatic rings. The minimum atomic E-state index is -3.71. The average Bonchev–Trinajstić information content (AvgIpc) is 2.34. The molecule has 7 heteroatoms. The second-order valence-corrected chi connectivity index (χ2v) is 6.03. The Labute approximate surface area is 108 Å². The van der Waals surface area contributed by atoms with Crippen LogP contribution >= 0.6 is 7.60 Å². The van der Waals surface area contributed by atoms with Gasteiger partial charge in [0, 0.05) is 25.8 Å². The molecule has 0 saturated carbocycles. The fraction of sp³-hybridized carbons (Fsp3) is 1.00. The van der Waals surface area contributed by atoms with Crippen molar-refractivity contribution in [2.75, 3.05) is 26.0 Å². The van der Waals surface area contributed by atoms with E-state index >= 15 is 0 Å². The zero-order chi connectivity index (χ0) is 14.0. The third-order valence-corrected chi connectivity index (χ3v) is 3.94. The first-order chi connectivity index (χ1) is 8.46. The van der Waals surface area contributed by atoms with E-state index in [1.165, 1.54) is 0 Å². The van der Waals surface area contributed by atoms with Gasteiger partial charge in [-0.2, -0.15) is 0 Å². The molecule has 0 aromatic carbocycles. The largest absolute Gasteiger partial charge is 0.394 e. The molecule has 3 atom stereocenters. The van der Waals surface area contributed by atoms with Crippen molar-refractivity contribution >= 4 is 7.60 Å². The summed E-state index contributed by atoms with van der Waals surface area (Å²) in [6.07, 6.45) is -0.345. The van der Waals surface area contributed by atoms with Crippen molar-refractivity contribution in [2.45, 2.75) is 45.3 Å². The molecule has 0 bridgehead atoms. The van der Waals surface area contributed by atoms with Crippen LogP contribution in [0.1, 0.15) is 33.1 Å². The molecular formula is C11H25O6P. The standard InChI is InChI=1S/C11H25O6P/c1-3-5-8-18(14,15)17-11(10(13)9-12)6-7-16-4-2/h10-13H,3-9H2,1-2H3,(H,14,15). The van der Waals surface area contributed by atoms with Gasteiger partial charge in [-0.05, 0) is 13.3 Å². The normalized spacial score (nSPS) is 18.3. The summed E-state index contributed by atoms with van der Waals surface area (Å²) < 4.78 is 21.9. The monoisotopic (exact) mass is 284 g/mol. The molecule has 0 aliphatic heterocycles. The Balaban J connectivity index is 4.33. The van der Waals surface area contributed by atoms with Gasteiger partial charge in [0.05, 0.1) is 12.7 Å². The highest BCUT2D eigenvalue weighted by Gasteiger charge is 2.28. The van der Waals surface area contributed by atoms with Crippen molar-refractivity contribution in [3.05, 3.63) is 0 Å². The van der Waals surface area contributed by atoms with Gasteiger partial charge in [-0.15, -0.1) is 0 Å². The number of rotatable bonds is 11. The molecule has 0 heterocycles. The van der Waals surface area contributed by atoms with E-state index in [9.17, 15) is 14.6 Å². The minimum absolute atomic E-state index is 0.0623. The smallest absolute Gasteiger partial charge is 0.328 e. The zero-order valence-corrected chi connectivity index (χ0v) is 12.0. The van der Waals surface area contributed by atoms with Gasteiger partial charge in [0.2, 0.25) is 0 Å². The summed E-state index contributed by atoms with van der Waals surface area (Å²) in [7, 11) is -3.71. The van der Waals surface area contributed by atoms with Crippen LogP contribution < -0.4 is 0 Å². The maximum absolute atomic E-state index is 11.7. The molecule has 0 aliphatic carbocycles. The van der Waals surface area contributed by atoms with E-state index in [1.807, 2.05) is 13.8 Å². The second-order valence-electron chi connectivity index (χ2n) is 4.09. The molecule has 110 valence electrons. The number of hydrogen-bond donors (Lipinski definition) is 3. The summed E-state index contributed by atoms with van der Waals surface area (Å²) in [5.74, 6) is 0. The summed E-state index contributed by atoms with van der Waals surface area (Å²) >= 11 is 0. The van der Waals surface area contributed by atoms with Gasteiger partial charge in [0.1, 0.15) is 6.10 Å². The summed E-state index contributed by atoms with van der Waals surface area (Å²) in [5, 5.41) is 18.4. The molecule has 0 fully saturated rings. The maximum atomic E-state index is 11.7. The summed E-state index contributed by atoms with van der Waals surface area (Å²) in [4.78, 5) is 9.62. The lowest BCUT2D eigenvalue weighted by molar-refractivity contribution is -0.0206. The molecule has 0 radical (unpaired) electrons. The van der Waals surface area contributed by atoms with Crippen LogP contribution in [0.5, 0.6) is 0 Å². The molecule has 6 nitrogen and oxygen atoms in total. The van der Waals surface area contributed by atoms with Crippen LogP contribution in [-0.2, 0) is 13.8 Å². The number of aliphatic hydroxyl groups excluding tert-OH is 2. The number of aliphatic hydroxyl groups is 2. The molecule has 18 heavy (non-hydrogen) atoms. The SMILES string of the molecule is CCCCP(=O)(O)OC(CCOCC)C(O)CO. The van der Waals surface area contributed by atoms with E-state index < -0.39 is 26.4 Å². The Morgan fingerprint density at radius 1 is 1.33 bits per heavy atom. The Morgan fingerprint density at radius 3 is 2.50 bits per heavy atom. The van der Waals surface area contributed by atoms with E-state index in [1.54, 1.807) is 0 Å². The summed E-state index contributed by atoms with van der Waals surface area (Å²) in [6.45, 7) is 4.07.